The number of carbonyl (C=O) groups is 3. The fraction of sp³-hybridized carbons (Fsp3) is 0.211. The molecule has 2 N–H and O–H groups in total. The van der Waals surface area contributed by atoms with Crippen LogP contribution in [0.5, 0.6) is 5.75 Å². The van der Waals surface area contributed by atoms with Crippen molar-refractivity contribution in [2.24, 2.45) is 0 Å². The van der Waals surface area contributed by atoms with Crippen LogP contribution in [0.4, 0.5) is 9.18 Å². The lowest BCUT2D eigenvalue weighted by atomic mass is 9.89. The third kappa shape index (κ3) is 2.95. The molecule has 9 heteroatoms. The van der Waals surface area contributed by atoms with Crippen LogP contribution in [-0.4, -0.2) is 35.4 Å². The zero-order valence-electron chi connectivity index (χ0n) is 14.5. The van der Waals surface area contributed by atoms with Gasteiger partial charge in [-0.3, -0.25) is 14.9 Å². The Morgan fingerprint density at radius 2 is 1.89 bits per heavy atom. The van der Waals surface area contributed by atoms with E-state index in [0.717, 1.165) is 5.56 Å². The number of benzene rings is 2. The maximum atomic E-state index is 13.3. The zero-order valence-corrected chi connectivity index (χ0v) is 15.3. The van der Waals surface area contributed by atoms with Gasteiger partial charge in [-0.25, -0.2) is 9.18 Å². The molecule has 4 amide bonds. The largest absolute Gasteiger partial charge is 0.478 e. The quantitative estimate of drug-likeness (QED) is 0.591. The molecule has 2 aromatic carbocycles. The van der Waals surface area contributed by atoms with Crippen LogP contribution < -0.4 is 15.4 Å². The lowest BCUT2D eigenvalue weighted by molar-refractivity contribution is -0.124. The Balaban J connectivity index is 1.67. The molecule has 0 aliphatic carbocycles. The van der Waals surface area contributed by atoms with E-state index < -0.39 is 23.3 Å². The van der Waals surface area contributed by atoms with E-state index in [1.807, 2.05) is 0 Å². The number of halogens is 2. The molecule has 2 aliphatic heterocycles. The first-order valence-electron chi connectivity index (χ1n) is 8.43. The van der Waals surface area contributed by atoms with Gasteiger partial charge in [-0.2, -0.15) is 0 Å². The van der Waals surface area contributed by atoms with E-state index in [0.29, 0.717) is 16.9 Å². The Morgan fingerprint density at radius 1 is 1.14 bits per heavy atom. The second-order valence-electron chi connectivity index (χ2n) is 6.55. The summed E-state index contributed by atoms with van der Waals surface area (Å²) in [5, 5.41) is 4.80. The van der Waals surface area contributed by atoms with Gasteiger partial charge in [0.15, 0.2) is 11.6 Å². The van der Waals surface area contributed by atoms with Crippen molar-refractivity contribution in [2.45, 2.75) is 12.1 Å². The Morgan fingerprint density at radius 3 is 2.54 bits per heavy atom. The normalized spacial score (nSPS) is 20.8. The summed E-state index contributed by atoms with van der Waals surface area (Å²) in [6.45, 7) is 0.164. The number of ether oxygens (including phenoxy) is 1. The first-order valence-corrected chi connectivity index (χ1v) is 8.97. The third-order valence-corrected chi connectivity index (χ3v) is 5.00. The van der Waals surface area contributed by atoms with E-state index in [1.54, 1.807) is 18.2 Å². The molecule has 2 aliphatic rings. The number of nitrogens with one attached hydrogen (secondary N) is 2. The summed E-state index contributed by atoms with van der Waals surface area (Å²) >= 11 is 5.56. The van der Waals surface area contributed by atoms with Gasteiger partial charge in [-0.05, 0) is 35.4 Å². The maximum Gasteiger partial charge on any atom is 0.322 e. The number of nitrogens with zero attached hydrogens (tertiary/aromatic N) is 1. The van der Waals surface area contributed by atoms with Gasteiger partial charge in [-0.15, -0.1) is 0 Å². The molecule has 7 nitrogen and oxygen atoms in total. The second kappa shape index (κ2) is 6.79. The molecule has 0 aromatic heterocycles. The van der Waals surface area contributed by atoms with E-state index in [4.69, 9.17) is 16.3 Å². The predicted molar refractivity (Wildman–Crippen MR) is 97.3 cm³/mol. The van der Waals surface area contributed by atoms with Gasteiger partial charge in [0, 0.05) is 12.1 Å². The Hall–Kier alpha value is -3.13. The SMILES string of the molecule is O=C1NC(=O)[C@](CN2Cc3ccc(OCCl)cc3C2=O)(c2ccc(F)cc2)N1. The van der Waals surface area contributed by atoms with Gasteiger partial charge in [-0.1, -0.05) is 29.8 Å². The number of alkyl halides is 1. The number of urea groups is 1. The van der Waals surface area contributed by atoms with Crippen molar-refractivity contribution in [1.82, 2.24) is 15.5 Å². The second-order valence-corrected chi connectivity index (χ2v) is 6.77. The van der Waals surface area contributed by atoms with Crippen LogP contribution in [0.2, 0.25) is 0 Å². The Kier molecular flexibility index (Phi) is 4.43. The number of amides is 4. The standard InChI is InChI=1S/C19H15ClFN3O4/c20-10-28-14-6-1-11-8-24(16(25)15(11)7-14)9-19(17(26)22-18(27)23-19)12-2-4-13(21)5-3-12/h1-7H,8-10H2,(H2,22,23,26,27)/t19-/m0/s1. The van der Waals surface area contributed by atoms with Crippen LogP contribution >= 0.6 is 11.6 Å². The summed E-state index contributed by atoms with van der Waals surface area (Å²) in [6.07, 6.45) is 0. The molecule has 2 heterocycles. The number of hydrogen-bond acceptors (Lipinski definition) is 4. The molecular weight excluding hydrogens is 389 g/mol. The van der Waals surface area contributed by atoms with Crippen LogP contribution in [0.15, 0.2) is 42.5 Å². The minimum atomic E-state index is -1.50. The van der Waals surface area contributed by atoms with Crippen molar-refractivity contribution in [3.8, 4) is 5.75 Å². The fourth-order valence-corrected chi connectivity index (χ4v) is 3.66. The molecule has 2 aromatic rings. The van der Waals surface area contributed by atoms with E-state index >= 15 is 0 Å². The van der Waals surface area contributed by atoms with Crippen molar-refractivity contribution >= 4 is 29.4 Å². The summed E-state index contributed by atoms with van der Waals surface area (Å²) in [4.78, 5) is 38.8. The Labute approximate surface area is 164 Å². The number of hydrogen-bond donors (Lipinski definition) is 2. The van der Waals surface area contributed by atoms with E-state index in [-0.39, 0.29) is 25.1 Å². The summed E-state index contributed by atoms with van der Waals surface area (Å²) in [5.41, 5.74) is 0.0949. The smallest absolute Gasteiger partial charge is 0.322 e. The molecule has 1 fully saturated rings. The minimum absolute atomic E-state index is 0.0451. The molecule has 4 rings (SSSR count). The van der Waals surface area contributed by atoms with Crippen molar-refractivity contribution in [3.05, 3.63) is 65.0 Å². The molecule has 0 bridgehead atoms. The highest BCUT2D eigenvalue weighted by Crippen LogP contribution is 2.32. The number of imide groups is 1. The lowest BCUT2D eigenvalue weighted by Gasteiger charge is -2.31. The first kappa shape index (κ1) is 18.2. The van der Waals surface area contributed by atoms with Gasteiger partial charge < -0.3 is 15.0 Å². The summed E-state index contributed by atoms with van der Waals surface area (Å²) in [7, 11) is 0. The van der Waals surface area contributed by atoms with Crippen LogP contribution in [-0.2, 0) is 16.9 Å². The average Bonchev–Trinajstić information content (AvgIpc) is 3.13. The fourth-order valence-electron chi connectivity index (χ4n) is 3.54. The molecule has 0 saturated carbocycles. The molecule has 144 valence electrons. The molecule has 0 spiro atoms. The van der Waals surface area contributed by atoms with Gasteiger partial charge in [0.1, 0.15) is 11.6 Å². The van der Waals surface area contributed by atoms with E-state index in [2.05, 4.69) is 10.6 Å². The molecular formula is C19H15ClFN3O4. The van der Waals surface area contributed by atoms with Crippen LogP contribution in [0.25, 0.3) is 0 Å². The summed E-state index contributed by atoms with van der Waals surface area (Å²) in [6, 6.07) is 9.58. The monoisotopic (exact) mass is 403 g/mol. The third-order valence-electron chi connectivity index (χ3n) is 4.89. The van der Waals surface area contributed by atoms with Gasteiger partial charge in [0.25, 0.3) is 11.8 Å². The molecule has 0 unspecified atom stereocenters. The number of rotatable bonds is 5. The Bertz CT molecular complexity index is 982. The van der Waals surface area contributed by atoms with Crippen LogP contribution in [0, 0.1) is 5.82 Å². The highest BCUT2D eigenvalue weighted by atomic mass is 35.5. The van der Waals surface area contributed by atoms with E-state index in [9.17, 15) is 18.8 Å². The van der Waals surface area contributed by atoms with Crippen molar-refractivity contribution in [2.75, 3.05) is 12.6 Å². The number of fused-ring (bicyclic) bond motifs is 1. The number of carbonyl (C=O) groups excluding carboxylic acids is 3. The predicted octanol–water partition coefficient (Wildman–Crippen LogP) is 2.09. The summed E-state index contributed by atoms with van der Waals surface area (Å²) in [5.74, 6) is -0.909. The van der Waals surface area contributed by atoms with E-state index in [1.165, 1.54) is 29.2 Å². The molecule has 1 atom stereocenters. The minimum Gasteiger partial charge on any atom is -0.478 e. The lowest BCUT2D eigenvalue weighted by Crippen LogP contribution is -2.52. The average molecular weight is 404 g/mol. The highest BCUT2D eigenvalue weighted by Gasteiger charge is 2.50. The van der Waals surface area contributed by atoms with Crippen molar-refractivity contribution in [3.63, 3.8) is 0 Å². The topological polar surface area (TPSA) is 87.7 Å². The highest BCUT2D eigenvalue weighted by molar-refractivity contribution is 6.17. The maximum absolute atomic E-state index is 13.3. The van der Waals surface area contributed by atoms with Crippen LogP contribution in [0.1, 0.15) is 21.5 Å². The molecule has 0 radical (unpaired) electrons. The van der Waals surface area contributed by atoms with Gasteiger partial charge in [0.2, 0.25) is 0 Å². The van der Waals surface area contributed by atoms with Crippen molar-refractivity contribution < 1.29 is 23.5 Å². The van der Waals surface area contributed by atoms with Crippen molar-refractivity contribution in [1.29, 1.82) is 0 Å². The molecule has 1 saturated heterocycles. The van der Waals surface area contributed by atoms with Gasteiger partial charge in [0.05, 0.1) is 6.54 Å². The van der Waals surface area contributed by atoms with Crippen LogP contribution in [0.3, 0.4) is 0 Å². The summed E-state index contributed by atoms with van der Waals surface area (Å²) < 4.78 is 18.6. The first-order chi connectivity index (χ1) is 13.4. The molecule has 28 heavy (non-hydrogen) atoms. The van der Waals surface area contributed by atoms with Gasteiger partial charge >= 0.3 is 6.03 Å². The zero-order chi connectivity index (χ0) is 19.9.